The summed E-state index contributed by atoms with van der Waals surface area (Å²) in [4.78, 5) is 13.9. The summed E-state index contributed by atoms with van der Waals surface area (Å²) in [6.45, 7) is 0.838. The zero-order chi connectivity index (χ0) is 15.7. The molecule has 9 heteroatoms. The molecule has 1 fully saturated rings. The summed E-state index contributed by atoms with van der Waals surface area (Å²) in [6.07, 6.45) is -0.476. The second-order valence-electron chi connectivity index (χ2n) is 4.93. The number of amides is 1. The monoisotopic (exact) mass is 309 g/mol. The quantitative estimate of drug-likeness (QED) is 0.816. The van der Waals surface area contributed by atoms with E-state index in [0.29, 0.717) is 19.0 Å². The lowest BCUT2D eigenvalue weighted by atomic mass is 10.1. The minimum absolute atomic E-state index is 0.0331. The summed E-state index contributed by atoms with van der Waals surface area (Å²) in [6, 6.07) is 2.75. The molecule has 1 aliphatic heterocycles. The van der Waals surface area contributed by atoms with Gasteiger partial charge in [-0.25, -0.2) is 13.5 Å². The minimum atomic E-state index is -0.786. The Hall–Kier alpha value is -2.42. The first-order valence-electron chi connectivity index (χ1n) is 6.64. The molecule has 2 aromatic rings. The third-order valence-corrected chi connectivity index (χ3v) is 3.40. The van der Waals surface area contributed by atoms with Gasteiger partial charge in [0.05, 0.1) is 13.2 Å². The summed E-state index contributed by atoms with van der Waals surface area (Å²) in [5.41, 5.74) is -0.0331. The molecule has 0 saturated carbocycles. The van der Waals surface area contributed by atoms with Gasteiger partial charge in [0.15, 0.2) is 5.82 Å². The first-order chi connectivity index (χ1) is 10.5. The van der Waals surface area contributed by atoms with E-state index in [2.05, 4.69) is 15.5 Å². The van der Waals surface area contributed by atoms with E-state index in [9.17, 15) is 13.6 Å². The van der Waals surface area contributed by atoms with Gasteiger partial charge in [-0.15, -0.1) is 5.10 Å². The number of halogens is 2. The standard InChI is InChI=1S/C13H13F2N5O2/c1-19-12(16-17-18-19)11-7-20(2-3-22-11)13(21)8-4-9(14)6-10(15)5-8/h4-6,11H,2-3,7H2,1H3. The van der Waals surface area contributed by atoms with Crippen molar-refractivity contribution in [3.8, 4) is 0 Å². The van der Waals surface area contributed by atoms with Crippen molar-refractivity contribution in [3.05, 3.63) is 41.2 Å². The van der Waals surface area contributed by atoms with Crippen LogP contribution >= 0.6 is 0 Å². The highest BCUT2D eigenvalue weighted by molar-refractivity contribution is 5.94. The first-order valence-corrected chi connectivity index (χ1v) is 6.64. The van der Waals surface area contributed by atoms with E-state index in [1.54, 1.807) is 7.05 Å². The minimum Gasteiger partial charge on any atom is -0.366 e. The van der Waals surface area contributed by atoms with Crippen LogP contribution in [0.2, 0.25) is 0 Å². The number of nitrogens with zero attached hydrogens (tertiary/aromatic N) is 5. The number of rotatable bonds is 2. The number of morpholine rings is 1. The van der Waals surface area contributed by atoms with Gasteiger partial charge in [0.25, 0.3) is 5.91 Å². The van der Waals surface area contributed by atoms with E-state index in [1.807, 2.05) is 0 Å². The number of carbonyl (C=O) groups is 1. The SMILES string of the molecule is Cn1nnnc1C1CN(C(=O)c2cc(F)cc(F)c2)CCO1. The van der Waals surface area contributed by atoms with Gasteiger partial charge in [0, 0.05) is 25.2 Å². The Bertz CT molecular complexity index is 685. The maximum absolute atomic E-state index is 13.2. The van der Waals surface area contributed by atoms with E-state index in [0.717, 1.165) is 18.2 Å². The molecule has 1 aromatic heterocycles. The van der Waals surface area contributed by atoms with Crippen molar-refractivity contribution in [2.75, 3.05) is 19.7 Å². The molecule has 0 N–H and O–H groups in total. The van der Waals surface area contributed by atoms with Crippen molar-refractivity contribution in [2.45, 2.75) is 6.10 Å². The van der Waals surface area contributed by atoms with Crippen molar-refractivity contribution >= 4 is 5.91 Å². The van der Waals surface area contributed by atoms with Gasteiger partial charge in [-0.1, -0.05) is 0 Å². The van der Waals surface area contributed by atoms with Gasteiger partial charge in [0.2, 0.25) is 0 Å². The smallest absolute Gasteiger partial charge is 0.254 e. The third-order valence-electron chi connectivity index (χ3n) is 3.40. The Kier molecular flexibility index (Phi) is 3.80. The fraction of sp³-hybridized carbons (Fsp3) is 0.385. The summed E-state index contributed by atoms with van der Waals surface area (Å²) in [5, 5.41) is 11.1. The molecule has 22 heavy (non-hydrogen) atoms. The van der Waals surface area contributed by atoms with Crippen LogP contribution < -0.4 is 0 Å². The van der Waals surface area contributed by atoms with E-state index >= 15 is 0 Å². The Morgan fingerprint density at radius 2 is 2.05 bits per heavy atom. The number of hydrogen-bond donors (Lipinski definition) is 0. The first kappa shape index (κ1) is 14.5. The van der Waals surface area contributed by atoms with E-state index in [1.165, 1.54) is 9.58 Å². The van der Waals surface area contributed by atoms with Crippen LogP contribution in [0.3, 0.4) is 0 Å². The Labute approximate surface area is 124 Å². The maximum atomic E-state index is 13.2. The van der Waals surface area contributed by atoms with Crippen LogP contribution in [0.4, 0.5) is 8.78 Å². The Morgan fingerprint density at radius 3 is 2.68 bits per heavy atom. The number of tetrazole rings is 1. The molecule has 1 amide bonds. The van der Waals surface area contributed by atoms with Crippen LogP contribution in [0.15, 0.2) is 18.2 Å². The van der Waals surface area contributed by atoms with E-state index in [-0.39, 0.29) is 12.1 Å². The zero-order valence-corrected chi connectivity index (χ0v) is 11.7. The summed E-state index contributed by atoms with van der Waals surface area (Å²) in [5.74, 6) is -1.54. The highest BCUT2D eigenvalue weighted by Crippen LogP contribution is 2.21. The van der Waals surface area contributed by atoms with Gasteiger partial charge >= 0.3 is 0 Å². The molecule has 1 aromatic carbocycles. The van der Waals surface area contributed by atoms with Gasteiger partial charge < -0.3 is 9.64 Å². The van der Waals surface area contributed by atoms with Crippen LogP contribution in [0.5, 0.6) is 0 Å². The largest absolute Gasteiger partial charge is 0.366 e. The van der Waals surface area contributed by atoms with Crippen molar-refractivity contribution in [1.82, 2.24) is 25.1 Å². The van der Waals surface area contributed by atoms with Crippen molar-refractivity contribution in [3.63, 3.8) is 0 Å². The molecule has 7 nitrogen and oxygen atoms in total. The molecule has 0 spiro atoms. The highest BCUT2D eigenvalue weighted by atomic mass is 19.1. The molecular weight excluding hydrogens is 296 g/mol. The molecule has 1 unspecified atom stereocenters. The summed E-state index contributed by atoms with van der Waals surface area (Å²) >= 11 is 0. The predicted octanol–water partition coefficient (Wildman–Crippen LogP) is 0.702. The predicted molar refractivity (Wildman–Crippen MR) is 69.8 cm³/mol. The molecule has 1 saturated heterocycles. The highest BCUT2D eigenvalue weighted by Gasteiger charge is 2.29. The number of carbonyl (C=O) groups excluding carboxylic acids is 1. The van der Waals surface area contributed by atoms with E-state index < -0.39 is 23.6 Å². The molecular formula is C13H13F2N5O2. The van der Waals surface area contributed by atoms with Crippen molar-refractivity contribution in [1.29, 1.82) is 0 Å². The third kappa shape index (κ3) is 2.80. The Balaban J connectivity index is 1.79. The topological polar surface area (TPSA) is 73.1 Å². The van der Waals surface area contributed by atoms with Crippen LogP contribution in [-0.4, -0.2) is 50.7 Å². The van der Waals surface area contributed by atoms with Crippen LogP contribution in [0, 0.1) is 11.6 Å². The lowest BCUT2D eigenvalue weighted by molar-refractivity contribution is -0.0284. The van der Waals surface area contributed by atoms with Crippen LogP contribution in [0.25, 0.3) is 0 Å². The van der Waals surface area contributed by atoms with Gasteiger partial charge in [-0.2, -0.15) is 0 Å². The van der Waals surface area contributed by atoms with Gasteiger partial charge in [-0.05, 0) is 22.6 Å². The lowest BCUT2D eigenvalue weighted by Crippen LogP contribution is -2.43. The van der Waals surface area contributed by atoms with Crippen LogP contribution in [-0.2, 0) is 11.8 Å². The summed E-state index contributed by atoms with van der Waals surface area (Å²) in [7, 11) is 1.67. The molecule has 0 radical (unpaired) electrons. The van der Waals surface area contributed by atoms with Crippen LogP contribution in [0.1, 0.15) is 22.3 Å². The number of hydrogen-bond acceptors (Lipinski definition) is 5. The number of ether oxygens (including phenoxy) is 1. The van der Waals surface area contributed by atoms with Gasteiger partial charge in [0.1, 0.15) is 17.7 Å². The molecule has 2 heterocycles. The second kappa shape index (κ2) is 5.76. The van der Waals surface area contributed by atoms with Gasteiger partial charge in [-0.3, -0.25) is 4.79 Å². The normalized spacial score (nSPS) is 18.5. The number of aryl methyl sites for hydroxylation is 1. The average molecular weight is 309 g/mol. The summed E-state index contributed by atoms with van der Waals surface area (Å²) < 4.78 is 33.5. The fourth-order valence-corrected chi connectivity index (χ4v) is 2.36. The molecule has 1 aliphatic rings. The average Bonchev–Trinajstić information content (AvgIpc) is 2.92. The number of benzene rings is 1. The molecule has 1 atom stereocenters. The Morgan fingerprint density at radius 1 is 1.32 bits per heavy atom. The maximum Gasteiger partial charge on any atom is 0.254 e. The van der Waals surface area contributed by atoms with Crippen molar-refractivity contribution < 1.29 is 18.3 Å². The van der Waals surface area contributed by atoms with E-state index in [4.69, 9.17) is 4.74 Å². The van der Waals surface area contributed by atoms with Crippen molar-refractivity contribution in [2.24, 2.45) is 7.05 Å². The fourth-order valence-electron chi connectivity index (χ4n) is 2.36. The molecule has 0 aliphatic carbocycles. The number of aromatic nitrogens is 4. The molecule has 0 bridgehead atoms. The zero-order valence-electron chi connectivity index (χ0n) is 11.7. The second-order valence-corrected chi connectivity index (χ2v) is 4.93. The molecule has 3 rings (SSSR count). The lowest BCUT2D eigenvalue weighted by Gasteiger charge is -2.32. The molecule has 116 valence electrons.